The summed E-state index contributed by atoms with van der Waals surface area (Å²) < 4.78 is 35.5. The summed E-state index contributed by atoms with van der Waals surface area (Å²) in [6, 6.07) is 1.52. The van der Waals surface area contributed by atoms with Crippen LogP contribution < -0.4 is 10.6 Å². The van der Waals surface area contributed by atoms with Crippen LogP contribution in [0.4, 0.5) is 13.2 Å². The van der Waals surface area contributed by atoms with Crippen molar-refractivity contribution in [2.45, 2.75) is 12.2 Å². The number of nitrogens with zero attached hydrogens (tertiary/aromatic N) is 2. The number of halogens is 3. The quantitative estimate of drug-likeness (QED) is 0.706. The van der Waals surface area contributed by atoms with Crippen molar-refractivity contribution in [1.29, 1.82) is 5.26 Å². The third-order valence-electron chi connectivity index (χ3n) is 2.34. The predicted molar refractivity (Wildman–Crippen MR) is 52.9 cm³/mol. The van der Waals surface area contributed by atoms with Crippen molar-refractivity contribution in [3.8, 4) is 6.07 Å². The fourth-order valence-corrected chi connectivity index (χ4v) is 1.50. The van der Waals surface area contributed by atoms with Gasteiger partial charge in [-0.05, 0) is 0 Å². The summed E-state index contributed by atoms with van der Waals surface area (Å²) in [5.74, 6) is -0.718. The minimum atomic E-state index is -4.41. The van der Waals surface area contributed by atoms with Crippen LogP contribution in [0.25, 0.3) is 0 Å². The molecule has 0 radical (unpaired) electrons. The van der Waals surface area contributed by atoms with Crippen LogP contribution in [0.2, 0.25) is 0 Å². The van der Waals surface area contributed by atoms with E-state index in [1.54, 1.807) is 10.2 Å². The smallest absolute Gasteiger partial charge is 0.346 e. The van der Waals surface area contributed by atoms with Crippen LogP contribution in [0.1, 0.15) is 0 Å². The molecule has 1 atom stereocenters. The lowest BCUT2D eigenvalue weighted by Crippen LogP contribution is -2.53. The number of nitriles is 1. The lowest BCUT2D eigenvalue weighted by molar-refractivity contribution is -0.139. The SMILES string of the molecule is N#CC1CNCCN1CC(=O)NCC(F)(F)F. The highest BCUT2D eigenvalue weighted by Crippen LogP contribution is 2.12. The highest BCUT2D eigenvalue weighted by atomic mass is 19.4. The van der Waals surface area contributed by atoms with Gasteiger partial charge >= 0.3 is 6.18 Å². The molecular formula is C9H13F3N4O. The largest absolute Gasteiger partial charge is 0.405 e. The molecule has 1 aliphatic rings. The molecule has 0 aromatic carbocycles. The van der Waals surface area contributed by atoms with E-state index in [-0.39, 0.29) is 6.54 Å². The first-order valence-electron chi connectivity index (χ1n) is 5.10. The third kappa shape index (κ3) is 5.01. The van der Waals surface area contributed by atoms with Crippen molar-refractivity contribution < 1.29 is 18.0 Å². The predicted octanol–water partition coefficient (Wildman–Crippen LogP) is -0.538. The number of carbonyl (C=O) groups is 1. The van der Waals surface area contributed by atoms with Crippen molar-refractivity contribution in [1.82, 2.24) is 15.5 Å². The summed E-state index contributed by atoms with van der Waals surface area (Å²) in [5.41, 5.74) is 0. The van der Waals surface area contributed by atoms with Crippen LogP contribution in [-0.4, -0.2) is 55.7 Å². The van der Waals surface area contributed by atoms with Crippen molar-refractivity contribution in [2.24, 2.45) is 0 Å². The molecule has 1 rings (SSSR count). The van der Waals surface area contributed by atoms with Crippen molar-refractivity contribution in [3.05, 3.63) is 0 Å². The zero-order chi connectivity index (χ0) is 12.9. The number of hydrogen-bond donors (Lipinski definition) is 2. The van der Waals surface area contributed by atoms with Gasteiger partial charge in [-0.1, -0.05) is 0 Å². The molecule has 0 aromatic rings. The van der Waals surface area contributed by atoms with Gasteiger partial charge in [-0.3, -0.25) is 9.69 Å². The average Bonchev–Trinajstić information content (AvgIpc) is 2.26. The molecule has 1 saturated heterocycles. The fraction of sp³-hybridized carbons (Fsp3) is 0.778. The number of nitrogens with one attached hydrogen (secondary N) is 2. The number of carbonyl (C=O) groups excluding carboxylic acids is 1. The minimum absolute atomic E-state index is 0.185. The molecule has 0 aliphatic carbocycles. The van der Waals surface area contributed by atoms with Crippen molar-refractivity contribution in [2.75, 3.05) is 32.7 Å². The summed E-state index contributed by atoms with van der Waals surface area (Å²) in [6.45, 7) is -0.0173. The van der Waals surface area contributed by atoms with E-state index in [4.69, 9.17) is 5.26 Å². The van der Waals surface area contributed by atoms with Gasteiger partial charge in [0.2, 0.25) is 5.91 Å². The molecule has 0 spiro atoms. The molecule has 0 saturated carbocycles. The Hall–Kier alpha value is -1.33. The van der Waals surface area contributed by atoms with Crippen LogP contribution in [0.5, 0.6) is 0 Å². The number of piperazine rings is 1. The van der Waals surface area contributed by atoms with Crippen LogP contribution >= 0.6 is 0 Å². The van der Waals surface area contributed by atoms with Crippen LogP contribution in [0.3, 0.4) is 0 Å². The van der Waals surface area contributed by atoms with Gasteiger partial charge in [0.05, 0.1) is 12.6 Å². The van der Waals surface area contributed by atoms with E-state index < -0.39 is 24.7 Å². The van der Waals surface area contributed by atoms with E-state index in [0.717, 1.165) is 0 Å². The van der Waals surface area contributed by atoms with E-state index in [2.05, 4.69) is 5.32 Å². The number of amides is 1. The van der Waals surface area contributed by atoms with Gasteiger partial charge in [0.15, 0.2) is 0 Å². The zero-order valence-corrected chi connectivity index (χ0v) is 9.05. The lowest BCUT2D eigenvalue weighted by atomic mass is 10.2. The Balaban J connectivity index is 2.37. The number of hydrogen-bond acceptors (Lipinski definition) is 4. The maximum Gasteiger partial charge on any atom is 0.405 e. The molecule has 2 N–H and O–H groups in total. The Bertz CT molecular complexity index is 312. The standard InChI is InChI=1S/C9H13F3N4O/c10-9(11,12)6-15-8(17)5-16-2-1-14-4-7(16)3-13/h7,14H,1-2,4-6H2,(H,15,17). The first-order valence-corrected chi connectivity index (χ1v) is 5.10. The van der Waals surface area contributed by atoms with Crippen LogP contribution in [0.15, 0.2) is 0 Å². The summed E-state index contributed by atoms with van der Waals surface area (Å²) in [4.78, 5) is 12.8. The first-order chi connectivity index (χ1) is 7.92. The van der Waals surface area contributed by atoms with Gasteiger partial charge in [0, 0.05) is 19.6 Å². The average molecular weight is 250 g/mol. The van der Waals surface area contributed by atoms with Gasteiger partial charge < -0.3 is 10.6 Å². The summed E-state index contributed by atoms with van der Waals surface area (Å²) in [7, 11) is 0. The Morgan fingerprint density at radius 1 is 1.59 bits per heavy atom. The highest BCUT2D eigenvalue weighted by Gasteiger charge is 2.29. The summed E-state index contributed by atoms with van der Waals surface area (Å²) in [5, 5.41) is 13.5. The van der Waals surface area contributed by atoms with E-state index in [0.29, 0.717) is 19.6 Å². The maximum atomic E-state index is 11.8. The van der Waals surface area contributed by atoms with E-state index in [9.17, 15) is 18.0 Å². The lowest BCUT2D eigenvalue weighted by Gasteiger charge is -2.31. The van der Waals surface area contributed by atoms with Gasteiger partial charge in [-0.2, -0.15) is 18.4 Å². The maximum absolute atomic E-state index is 11.8. The van der Waals surface area contributed by atoms with E-state index in [1.807, 2.05) is 6.07 Å². The van der Waals surface area contributed by atoms with Gasteiger partial charge in [-0.25, -0.2) is 0 Å². The monoisotopic (exact) mass is 250 g/mol. The fourth-order valence-electron chi connectivity index (χ4n) is 1.50. The Kier molecular flexibility index (Phi) is 4.72. The molecule has 1 aliphatic heterocycles. The molecule has 8 heteroatoms. The van der Waals surface area contributed by atoms with Crippen molar-refractivity contribution in [3.63, 3.8) is 0 Å². The summed E-state index contributed by atoms with van der Waals surface area (Å²) in [6.07, 6.45) is -4.41. The molecule has 1 amide bonds. The van der Waals surface area contributed by atoms with Crippen LogP contribution in [0, 0.1) is 11.3 Å². The number of rotatable bonds is 3. The van der Waals surface area contributed by atoms with Gasteiger partial charge in [0.1, 0.15) is 12.6 Å². The van der Waals surface area contributed by atoms with Gasteiger partial charge in [0.25, 0.3) is 0 Å². The third-order valence-corrected chi connectivity index (χ3v) is 2.34. The zero-order valence-electron chi connectivity index (χ0n) is 9.05. The van der Waals surface area contributed by atoms with Gasteiger partial charge in [-0.15, -0.1) is 0 Å². The summed E-state index contributed by atoms with van der Waals surface area (Å²) >= 11 is 0. The minimum Gasteiger partial charge on any atom is -0.346 e. The Labute approximate surface area is 96.6 Å². The number of alkyl halides is 3. The second-order valence-electron chi connectivity index (χ2n) is 3.71. The Morgan fingerprint density at radius 2 is 2.29 bits per heavy atom. The van der Waals surface area contributed by atoms with E-state index in [1.165, 1.54) is 0 Å². The molecule has 96 valence electrons. The molecule has 1 heterocycles. The Morgan fingerprint density at radius 3 is 2.88 bits per heavy atom. The highest BCUT2D eigenvalue weighted by molar-refractivity contribution is 5.78. The normalized spacial score (nSPS) is 21.9. The second-order valence-corrected chi connectivity index (χ2v) is 3.71. The van der Waals surface area contributed by atoms with Crippen molar-refractivity contribution >= 4 is 5.91 Å². The molecule has 1 unspecified atom stereocenters. The van der Waals surface area contributed by atoms with E-state index >= 15 is 0 Å². The molecular weight excluding hydrogens is 237 g/mol. The molecule has 5 nitrogen and oxygen atoms in total. The first kappa shape index (κ1) is 13.7. The molecule has 1 fully saturated rings. The molecule has 17 heavy (non-hydrogen) atoms. The molecule has 0 aromatic heterocycles. The van der Waals surface area contributed by atoms with Crippen LogP contribution in [-0.2, 0) is 4.79 Å². The molecule has 0 bridgehead atoms. The second kappa shape index (κ2) is 5.84. The topological polar surface area (TPSA) is 68.2 Å².